The quantitative estimate of drug-likeness (QED) is 0.555. The molecule has 9 nitrogen and oxygen atoms in total. The molecule has 1 fully saturated rings. The van der Waals surface area contributed by atoms with Gasteiger partial charge in [0.2, 0.25) is 11.8 Å². The van der Waals surface area contributed by atoms with E-state index in [4.69, 9.17) is 9.47 Å². The number of rotatable bonds is 4. The summed E-state index contributed by atoms with van der Waals surface area (Å²) in [6, 6.07) is 5.19. The van der Waals surface area contributed by atoms with Crippen molar-refractivity contribution >= 4 is 17.7 Å². The number of carbonyl (C=O) groups excluding carboxylic acids is 3. The lowest BCUT2D eigenvalue weighted by molar-refractivity contribution is -0.146. The molecule has 14 heteroatoms. The molecule has 2 aliphatic rings. The zero-order valence-electron chi connectivity index (χ0n) is 22.2. The molecule has 1 atom stereocenters. The Morgan fingerprint density at radius 2 is 1.85 bits per heavy atom. The van der Waals surface area contributed by atoms with Gasteiger partial charge in [0.05, 0.1) is 23.7 Å². The number of methoxy groups -OCH3 is 1. The lowest BCUT2D eigenvalue weighted by atomic mass is 10.1. The molecule has 2 aliphatic heterocycles. The highest BCUT2D eigenvalue weighted by Gasteiger charge is 2.35. The zero-order chi connectivity index (χ0) is 29.7. The van der Waals surface area contributed by atoms with Crippen molar-refractivity contribution in [3.8, 4) is 5.75 Å². The van der Waals surface area contributed by atoms with Gasteiger partial charge in [0, 0.05) is 46.4 Å². The first kappa shape index (κ1) is 30.2. The van der Waals surface area contributed by atoms with Crippen LogP contribution in [-0.2, 0) is 27.0 Å². The van der Waals surface area contributed by atoms with Gasteiger partial charge in [-0.1, -0.05) is 6.07 Å². The summed E-state index contributed by atoms with van der Waals surface area (Å²) in [6.07, 6.45) is -4.70. The van der Waals surface area contributed by atoms with Gasteiger partial charge in [0.25, 0.3) is 5.91 Å². The highest BCUT2D eigenvalue weighted by atomic mass is 19.4. The highest BCUT2D eigenvalue weighted by molar-refractivity contribution is 5.97. The van der Waals surface area contributed by atoms with E-state index in [2.05, 4.69) is 5.32 Å². The monoisotopic (exact) mass is 584 g/mol. The Morgan fingerprint density at radius 3 is 2.56 bits per heavy atom. The van der Waals surface area contributed by atoms with Crippen LogP contribution in [0.1, 0.15) is 21.5 Å². The van der Waals surface area contributed by atoms with Crippen molar-refractivity contribution in [2.45, 2.75) is 18.8 Å². The molecule has 41 heavy (non-hydrogen) atoms. The maximum absolute atomic E-state index is 13.8. The number of ether oxygens (including phenoxy) is 2. The smallest absolute Gasteiger partial charge is 0.416 e. The molecule has 0 aliphatic carbocycles. The SMILES string of the molecule is COCC(=O)N1CCN2C(=O)CN(Cc3ccc(F)c(F)c3)CCNC(=O)c3cc(C(F)(F)F)ccc3OC[C@@H]2C1. The lowest BCUT2D eigenvalue weighted by Crippen LogP contribution is -2.60. The van der Waals surface area contributed by atoms with Crippen LogP contribution in [0.25, 0.3) is 0 Å². The molecule has 0 bridgehead atoms. The molecule has 2 aromatic rings. The standard InChI is InChI=1S/C27H29F5N4O5/c1-40-16-25(38)35-8-9-36-19(13-35)15-41-23-5-3-18(27(30,31)32)11-20(23)26(39)33-6-7-34(14-24(36)37)12-17-2-4-21(28)22(29)10-17/h2-5,10-11,19H,6-9,12-16H2,1H3,(H,33,39)/t19-/m0/s1. The largest absolute Gasteiger partial charge is 0.491 e. The maximum Gasteiger partial charge on any atom is 0.416 e. The first-order chi connectivity index (χ1) is 19.5. The van der Waals surface area contributed by atoms with Gasteiger partial charge < -0.3 is 24.6 Å². The van der Waals surface area contributed by atoms with Gasteiger partial charge in [-0.2, -0.15) is 13.2 Å². The summed E-state index contributed by atoms with van der Waals surface area (Å²) in [7, 11) is 1.37. The second-order valence-corrected chi connectivity index (χ2v) is 9.75. The molecule has 0 unspecified atom stereocenters. The van der Waals surface area contributed by atoms with Crippen LogP contribution in [0, 0.1) is 11.6 Å². The van der Waals surface area contributed by atoms with Crippen molar-refractivity contribution in [2.75, 3.05) is 59.6 Å². The van der Waals surface area contributed by atoms with Gasteiger partial charge >= 0.3 is 6.18 Å². The van der Waals surface area contributed by atoms with Crippen LogP contribution < -0.4 is 10.1 Å². The number of hydrogen-bond acceptors (Lipinski definition) is 6. The topological polar surface area (TPSA) is 91.4 Å². The average Bonchev–Trinajstić information content (AvgIpc) is 2.93. The fourth-order valence-electron chi connectivity index (χ4n) is 4.78. The highest BCUT2D eigenvalue weighted by Crippen LogP contribution is 2.33. The molecule has 222 valence electrons. The summed E-state index contributed by atoms with van der Waals surface area (Å²) >= 11 is 0. The van der Waals surface area contributed by atoms with Gasteiger partial charge in [-0.15, -0.1) is 0 Å². The van der Waals surface area contributed by atoms with Gasteiger partial charge in [-0.25, -0.2) is 8.78 Å². The Morgan fingerprint density at radius 1 is 1.07 bits per heavy atom. The third-order valence-electron chi connectivity index (χ3n) is 6.87. The van der Waals surface area contributed by atoms with Crippen LogP contribution in [0.15, 0.2) is 36.4 Å². The maximum atomic E-state index is 13.8. The summed E-state index contributed by atoms with van der Waals surface area (Å²) in [5, 5.41) is 2.55. The van der Waals surface area contributed by atoms with Gasteiger partial charge in [0.1, 0.15) is 19.0 Å². The summed E-state index contributed by atoms with van der Waals surface area (Å²) in [6.45, 7) is -0.0681. The van der Waals surface area contributed by atoms with Crippen LogP contribution in [-0.4, -0.2) is 98.1 Å². The molecule has 3 amide bonds. The second kappa shape index (κ2) is 12.8. The molecule has 0 spiro atoms. The van der Waals surface area contributed by atoms with Crippen LogP contribution in [0.4, 0.5) is 22.0 Å². The van der Waals surface area contributed by atoms with Crippen molar-refractivity contribution in [3.63, 3.8) is 0 Å². The number of amides is 3. The average molecular weight is 585 g/mol. The summed E-state index contributed by atoms with van der Waals surface area (Å²) < 4.78 is 78.3. The van der Waals surface area contributed by atoms with E-state index in [1.54, 1.807) is 4.90 Å². The number of fused-ring (bicyclic) bond motifs is 2. The van der Waals surface area contributed by atoms with E-state index < -0.39 is 35.3 Å². The predicted molar refractivity (Wildman–Crippen MR) is 135 cm³/mol. The Balaban J connectivity index is 1.65. The molecule has 0 radical (unpaired) electrons. The molecule has 0 aromatic heterocycles. The predicted octanol–water partition coefficient (Wildman–Crippen LogP) is 2.29. The van der Waals surface area contributed by atoms with Crippen LogP contribution in [0.3, 0.4) is 0 Å². The summed E-state index contributed by atoms with van der Waals surface area (Å²) in [5.41, 5.74) is -1.00. The van der Waals surface area contributed by atoms with E-state index in [0.717, 1.165) is 24.3 Å². The number of benzene rings is 2. The summed E-state index contributed by atoms with van der Waals surface area (Å²) in [4.78, 5) is 43.6. The molecule has 1 saturated heterocycles. The fraction of sp³-hybridized carbons (Fsp3) is 0.444. The lowest BCUT2D eigenvalue weighted by Gasteiger charge is -2.42. The molecule has 1 N–H and O–H groups in total. The van der Waals surface area contributed by atoms with Crippen LogP contribution >= 0.6 is 0 Å². The fourth-order valence-corrected chi connectivity index (χ4v) is 4.78. The van der Waals surface area contributed by atoms with Gasteiger partial charge in [-0.05, 0) is 35.9 Å². The van der Waals surface area contributed by atoms with E-state index in [1.165, 1.54) is 23.0 Å². The van der Waals surface area contributed by atoms with Crippen molar-refractivity contribution < 1.29 is 45.8 Å². The minimum Gasteiger partial charge on any atom is -0.491 e. The van der Waals surface area contributed by atoms with Gasteiger partial charge in [0.15, 0.2) is 11.6 Å². The van der Waals surface area contributed by atoms with Crippen LogP contribution in [0.2, 0.25) is 0 Å². The number of alkyl halides is 3. The first-order valence-corrected chi connectivity index (χ1v) is 12.8. The Bertz CT molecular complexity index is 1290. The molecule has 2 heterocycles. The third-order valence-corrected chi connectivity index (χ3v) is 6.87. The number of hydrogen-bond donors (Lipinski definition) is 1. The number of nitrogens with one attached hydrogen (secondary N) is 1. The third kappa shape index (κ3) is 7.50. The van der Waals surface area contributed by atoms with Crippen molar-refractivity contribution in [1.29, 1.82) is 0 Å². The minimum atomic E-state index is -4.70. The number of piperazine rings is 1. The van der Waals surface area contributed by atoms with Crippen molar-refractivity contribution in [1.82, 2.24) is 20.0 Å². The van der Waals surface area contributed by atoms with E-state index in [0.29, 0.717) is 11.6 Å². The Kier molecular flexibility index (Phi) is 9.43. The van der Waals surface area contributed by atoms with E-state index in [9.17, 15) is 36.3 Å². The van der Waals surface area contributed by atoms with Gasteiger partial charge in [-0.3, -0.25) is 19.3 Å². The molecule has 0 saturated carbocycles. The Hall–Kier alpha value is -3.78. The molecule has 4 rings (SSSR count). The van der Waals surface area contributed by atoms with E-state index >= 15 is 0 Å². The number of carbonyl (C=O) groups is 3. The van der Waals surface area contributed by atoms with E-state index in [-0.39, 0.29) is 82.2 Å². The first-order valence-electron chi connectivity index (χ1n) is 12.8. The molecule has 2 aromatic carbocycles. The van der Waals surface area contributed by atoms with Crippen molar-refractivity contribution in [3.05, 3.63) is 64.7 Å². The number of halogens is 5. The van der Waals surface area contributed by atoms with E-state index in [1.807, 2.05) is 0 Å². The second-order valence-electron chi connectivity index (χ2n) is 9.75. The minimum absolute atomic E-state index is 0.0288. The zero-order valence-corrected chi connectivity index (χ0v) is 22.2. The van der Waals surface area contributed by atoms with Crippen molar-refractivity contribution in [2.24, 2.45) is 0 Å². The molecular formula is C27H29F5N4O5. The molecular weight excluding hydrogens is 555 g/mol. The van der Waals surface area contributed by atoms with Crippen LogP contribution in [0.5, 0.6) is 5.75 Å². The normalized spacial score (nSPS) is 19.2. The Labute approximate surface area is 232 Å². The summed E-state index contributed by atoms with van der Waals surface area (Å²) in [5.74, 6) is -3.65. The number of nitrogens with zero attached hydrogens (tertiary/aromatic N) is 3.